The van der Waals surface area contributed by atoms with Crippen LogP contribution < -0.4 is 10.9 Å². The van der Waals surface area contributed by atoms with Crippen LogP contribution in [0.2, 0.25) is 30.1 Å². The molecule has 0 aliphatic carbocycles. The fourth-order valence-corrected chi connectivity index (χ4v) is 3.73. The Kier molecular flexibility index (Phi) is 10.0. The van der Waals surface area contributed by atoms with Gasteiger partial charge >= 0.3 is 0 Å². The molecule has 0 saturated carbocycles. The Balaban J connectivity index is 1.77. The van der Waals surface area contributed by atoms with Crippen LogP contribution in [0.5, 0.6) is 0 Å². The molecule has 0 bridgehead atoms. The summed E-state index contributed by atoms with van der Waals surface area (Å²) in [4.78, 5) is 0. The Labute approximate surface area is 225 Å². The highest BCUT2D eigenvalue weighted by molar-refractivity contribution is 6.37. The first-order valence-electron chi connectivity index (χ1n) is 9.36. The Bertz CT molecular complexity index is 1220. The molecular weight excluding hydrogens is 561 g/mol. The molecule has 3 aromatic carbocycles. The van der Waals surface area contributed by atoms with E-state index in [2.05, 4.69) is 31.3 Å². The molecule has 6 nitrogen and oxygen atoms in total. The van der Waals surface area contributed by atoms with E-state index in [4.69, 9.17) is 69.6 Å². The quantitative estimate of drug-likeness (QED) is 0.181. The molecule has 0 aliphatic rings. The van der Waals surface area contributed by atoms with Gasteiger partial charge in [0, 0.05) is 31.8 Å². The molecule has 0 radical (unpaired) electrons. The van der Waals surface area contributed by atoms with Crippen LogP contribution in [-0.4, -0.2) is 24.6 Å². The molecule has 0 spiro atoms. The molecule has 0 aliphatic heterocycles. The molecule has 0 fully saturated rings. The van der Waals surface area contributed by atoms with Crippen molar-refractivity contribution in [2.45, 2.75) is 0 Å². The van der Waals surface area contributed by atoms with Crippen LogP contribution in [0.1, 0.15) is 16.7 Å². The second-order valence-corrected chi connectivity index (χ2v) is 8.96. The van der Waals surface area contributed by atoms with E-state index in [1.807, 2.05) is 0 Å². The van der Waals surface area contributed by atoms with Crippen molar-refractivity contribution in [3.63, 3.8) is 0 Å². The van der Waals surface area contributed by atoms with Gasteiger partial charge in [-0.2, -0.15) is 15.3 Å². The minimum absolute atomic E-state index is 0.101. The molecule has 0 amide bonds. The molecular formula is C22H14Cl6N6. The van der Waals surface area contributed by atoms with Crippen molar-refractivity contribution < 1.29 is 0 Å². The molecule has 12 heteroatoms. The monoisotopic (exact) mass is 572 g/mol. The van der Waals surface area contributed by atoms with E-state index in [9.17, 15) is 0 Å². The largest absolute Gasteiger partial charge is 0.257 e. The van der Waals surface area contributed by atoms with Crippen LogP contribution in [0, 0.1) is 0 Å². The minimum atomic E-state index is 0.101. The lowest BCUT2D eigenvalue weighted by Gasteiger charge is -2.04. The van der Waals surface area contributed by atoms with E-state index in [0.717, 1.165) is 0 Å². The topological polar surface area (TPSA) is 73.5 Å². The number of nitrogens with one attached hydrogen (secondary N) is 2. The van der Waals surface area contributed by atoms with Gasteiger partial charge in [-0.25, -0.2) is 10.9 Å². The molecule has 0 aromatic heterocycles. The van der Waals surface area contributed by atoms with Gasteiger partial charge in [0.2, 0.25) is 0 Å². The third-order valence-corrected chi connectivity index (χ3v) is 5.68. The van der Waals surface area contributed by atoms with Gasteiger partial charge in [-0.15, -0.1) is 5.10 Å². The van der Waals surface area contributed by atoms with Crippen molar-refractivity contribution in [3.05, 3.63) is 101 Å². The lowest BCUT2D eigenvalue weighted by Crippen LogP contribution is -2.30. The second kappa shape index (κ2) is 13.0. The fourth-order valence-electron chi connectivity index (χ4n) is 2.36. The van der Waals surface area contributed by atoms with Gasteiger partial charge in [0.05, 0.1) is 33.7 Å². The van der Waals surface area contributed by atoms with Crippen LogP contribution in [0.3, 0.4) is 0 Å². The first-order valence-corrected chi connectivity index (χ1v) is 11.6. The van der Waals surface area contributed by atoms with Gasteiger partial charge in [0.1, 0.15) is 0 Å². The van der Waals surface area contributed by atoms with E-state index in [0.29, 0.717) is 46.8 Å². The summed E-state index contributed by atoms with van der Waals surface area (Å²) >= 11 is 36.2. The molecule has 0 atom stereocenters. The molecule has 2 N–H and O–H groups in total. The van der Waals surface area contributed by atoms with Crippen molar-refractivity contribution in [1.29, 1.82) is 0 Å². The van der Waals surface area contributed by atoms with E-state index in [-0.39, 0.29) is 5.96 Å². The molecule has 3 rings (SSSR count). The Hall–Kier alpha value is -2.32. The average Bonchev–Trinajstić information content (AvgIpc) is 2.77. The summed E-state index contributed by atoms with van der Waals surface area (Å²) in [7, 11) is 0. The number of guanidine groups is 1. The number of halogens is 6. The van der Waals surface area contributed by atoms with Crippen molar-refractivity contribution in [3.8, 4) is 0 Å². The summed E-state index contributed by atoms with van der Waals surface area (Å²) in [6.07, 6.45) is 4.45. The number of rotatable bonds is 6. The SMILES string of the molecule is Clc1ccc(C=NN=C(NN=Cc2ccc(Cl)cc2Cl)NN=Cc2ccc(Cl)cc2Cl)c(Cl)c1. The first kappa shape index (κ1) is 26.3. The maximum atomic E-state index is 6.16. The van der Waals surface area contributed by atoms with E-state index < -0.39 is 0 Å². The maximum Gasteiger partial charge on any atom is 0.257 e. The zero-order chi connectivity index (χ0) is 24.5. The number of benzene rings is 3. The van der Waals surface area contributed by atoms with E-state index in [1.165, 1.54) is 18.6 Å². The van der Waals surface area contributed by atoms with Crippen LogP contribution in [0.4, 0.5) is 0 Å². The number of hydrazone groups is 2. The standard InChI is InChI=1S/C22H14Cl6N6/c23-16-4-1-13(19(26)7-16)10-29-32-22(33-30-11-14-2-5-17(24)8-20(14)27)34-31-12-15-3-6-18(25)9-21(15)28/h1-12H,(H2,32,33,34). The van der Waals surface area contributed by atoms with E-state index in [1.54, 1.807) is 54.6 Å². The summed E-state index contributed by atoms with van der Waals surface area (Å²) < 4.78 is 0. The average molecular weight is 575 g/mol. The van der Waals surface area contributed by atoms with Crippen LogP contribution >= 0.6 is 69.6 Å². The Morgan fingerprint density at radius 2 is 0.941 bits per heavy atom. The molecule has 34 heavy (non-hydrogen) atoms. The second-order valence-electron chi connectivity index (χ2n) is 6.43. The number of nitrogens with zero attached hydrogens (tertiary/aromatic N) is 4. The number of hydrogen-bond donors (Lipinski definition) is 2. The van der Waals surface area contributed by atoms with Gasteiger partial charge in [-0.05, 0) is 36.4 Å². The zero-order valence-corrected chi connectivity index (χ0v) is 21.5. The molecule has 3 aromatic rings. The third kappa shape index (κ3) is 8.17. The van der Waals surface area contributed by atoms with Crippen LogP contribution in [-0.2, 0) is 0 Å². The molecule has 174 valence electrons. The summed E-state index contributed by atoms with van der Waals surface area (Å²) in [6.45, 7) is 0. The Morgan fingerprint density at radius 3 is 1.32 bits per heavy atom. The Morgan fingerprint density at radius 1 is 0.559 bits per heavy atom. The third-order valence-electron chi connectivity index (χ3n) is 3.99. The van der Waals surface area contributed by atoms with Crippen molar-refractivity contribution >= 4 is 94.2 Å². The lowest BCUT2D eigenvalue weighted by molar-refractivity contribution is 0.890. The predicted octanol–water partition coefficient (Wildman–Crippen LogP) is 7.54. The maximum absolute atomic E-state index is 6.16. The van der Waals surface area contributed by atoms with Crippen LogP contribution in [0.15, 0.2) is 75.0 Å². The summed E-state index contributed by atoms with van der Waals surface area (Å²) in [5.41, 5.74) is 7.34. The smallest absolute Gasteiger partial charge is 0.244 e. The van der Waals surface area contributed by atoms with Crippen molar-refractivity contribution in [1.82, 2.24) is 10.9 Å². The van der Waals surface area contributed by atoms with Gasteiger partial charge in [0.25, 0.3) is 5.96 Å². The summed E-state index contributed by atoms with van der Waals surface area (Å²) in [5, 5.41) is 19.2. The van der Waals surface area contributed by atoms with Crippen molar-refractivity contribution in [2.24, 2.45) is 20.4 Å². The number of hydrogen-bond acceptors (Lipinski definition) is 4. The highest BCUT2D eigenvalue weighted by Crippen LogP contribution is 2.21. The fraction of sp³-hybridized carbons (Fsp3) is 0. The molecule has 0 heterocycles. The minimum Gasteiger partial charge on any atom is -0.244 e. The predicted molar refractivity (Wildman–Crippen MR) is 146 cm³/mol. The lowest BCUT2D eigenvalue weighted by atomic mass is 10.2. The summed E-state index contributed by atoms with van der Waals surface area (Å²) in [6, 6.07) is 15.1. The zero-order valence-electron chi connectivity index (χ0n) is 17.0. The molecule has 0 unspecified atom stereocenters. The van der Waals surface area contributed by atoms with Gasteiger partial charge in [-0.1, -0.05) is 87.8 Å². The van der Waals surface area contributed by atoms with E-state index >= 15 is 0 Å². The van der Waals surface area contributed by atoms with Crippen molar-refractivity contribution in [2.75, 3.05) is 0 Å². The van der Waals surface area contributed by atoms with Gasteiger partial charge < -0.3 is 0 Å². The summed E-state index contributed by atoms with van der Waals surface area (Å²) in [5.74, 6) is 0.101. The first-order chi connectivity index (χ1) is 16.3. The highest BCUT2D eigenvalue weighted by atomic mass is 35.5. The molecule has 0 saturated heterocycles. The normalized spacial score (nSPS) is 11.5. The highest BCUT2D eigenvalue weighted by Gasteiger charge is 2.02. The van der Waals surface area contributed by atoms with Gasteiger partial charge in [0.15, 0.2) is 0 Å². The van der Waals surface area contributed by atoms with Gasteiger partial charge in [-0.3, -0.25) is 0 Å². The van der Waals surface area contributed by atoms with Crippen LogP contribution in [0.25, 0.3) is 0 Å².